The maximum absolute atomic E-state index is 12.1. The molecule has 14 heavy (non-hydrogen) atoms. The van der Waals surface area contributed by atoms with Gasteiger partial charge in [-0.15, -0.1) is 0 Å². The zero-order chi connectivity index (χ0) is 10.8. The van der Waals surface area contributed by atoms with Gasteiger partial charge in [-0.25, -0.2) is 0 Å². The van der Waals surface area contributed by atoms with Gasteiger partial charge in [-0.1, -0.05) is 0 Å². The van der Waals surface area contributed by atoms with Crippen LogP contribution in [-0.2, 0) is 0 Å². The number of hydrogen-bond donors (Lipinski definition) is 1. The van der Waals surface area contributed by atoms with Gasteiger partial charge in [0.2, 0.25) is 0 Å². The largest absolute Gasteiger partial charge is 0.403 e. The lowest BCUT2D eigenvalue weighted by molar-refractivity contribution is -0.149. The average Bonchev–Trinajstić information content (AvgIpc) is 2.45. The Kier molecular flexibility index (Phi) is 3.78. The Bertz CT molecular complexity index is 179. The normalized spacial score (nSPS) is 26.8. The summed E-state index contributed by atoms with van der Waals surface area (Å²) in [4.78, 5) is 2.11. The quantitative estimate of drug-likeness (QED) is 0.769. The molecule has 84 valence electrons. The molecule has 1 rings (SSSR count). The van der Waals surface area contributed by atoms with Gasteiger partial charge < -0.3 is 10.6 Å². The second kappa shape index (κ2) is 4.49. The van der Waals surface area contributed by atoms with Crippen molar-refractivity contribution >= 4 is 0 Å². The zero-order valence-corrected chi connectivity index (χ0v) is 8.35. The third-order valence-electron chi connectivity index (χ3n) is 2.90. The van der Waals surface area contributed by atoms with Crippen LogP contribution in [-0.4, -0.2) is 36.8 Å². The second-order valence-corrected chi connectivity index (χ2v) is 4.00. The van der Waals surface area contributed by atoms with Gasteiger partial charge in [0.05, 0.1) is 0 Å². The molecule has 0 aromatic heterocycles. The SMILES string of the molecule is CN1CCCC1CCC(N)C(F)(F)F. The van der Waals surface area contributed by atoms with E-state index in [1.807, 2.05) is 7.05 Å². The molecule has 2 nitrogen and oxygen atoms in total. The van der Waals surface area contributed by atoms with E-state index in [1.165, 1.54) is 0 Å². The maximum Gasteiger partial charge on any atom is 0.403 e. The number of nitrogens with zero attached hydrogens (tertiary/aromatic N) is 1. The van der Waals surface area contributed by atoms with Crippen LogP contribution in [0.15, 0.2) is 0 Å². The molecular formula is C9H17F3N2. The fourth-order valence-electron chi connectivity index (χ4n) is 1.88. The van der Waals surface area contributed by atoms with Crippen molar-refractivity contribution in [3.05, 3.63) is 0 Å². The highest BCUT2D eigenvalue weighted by Crippen LogP contribution is 2.25. The molecule has 0 spiro atoms. The van der Waals surface area contributed by atoms with E-state index >= 15 is 0 Å². The molecule has 2 unspecified atom stereocenters. The molecule has 0 aliphatic carbocycles. The first-order valence-electron chi connectivity index (χ1n) is 4.94. The molecule has 0 radical (unpaired) electrons. The minimum atomic E-state index is -4.24. The van der Waals surface area contributed by atoms with Crippen LogP contribution in [0.25, 0.3) is 0 Å². The van der Waals surface area contributed by atoms with Crippen molar-refractivity contribution in [2.24, 2.45) is 5.73 Å². The van der Waals surface area contributed by atoms with Gasteiger partial charge in [-0.2, -0.15) is 13.2 Å². The number of nitrogens with two attached hydrogens (primary N) is 1. The van der Waals surface area contributed by atoms with Gasteiger partial charge >= 0.3 is 6.18 Å². The second-order valence-electron chi connectivity index (χ2n) is 4.00. The first-order valence-corrected chi connectivity index (χ1v) is 4.94. The van der Waals surface area contributed by atoms with Crippen molar-refractivity contribution in [2.75, 3.05) is 13.6 Å². The molecule has 0 aromatic carbocycles. The van der Waals surface area contributed by atoms with Gasteiger partial charge in [-0.05, 0) is 39.3 Å². The number of likely N-dealkylation sites (tertiary alicyclic amines) is 1. The first kappa shape index (κ1) is 11.8. The van der Waals surface area contributed by atoms with E-state index in [4.69, 9.17) is 5.73 Å². The predicted molar refractivity (Wildman–Crippen MR) is 48.9 cm³/mol. The van der Waals surface area contributed by atoms with Crippen LogP contribution in [0.4, 0.5) is 13.2 Å². The molecule has 1 fully saturated rings. The molecular weight excluding hydrogens is 193 g/mol. The lowest BCUT2D eigenvalue weighted by Gasteiger charge is -2.22. The Morgan fingerprint density at radius 1 is 1.50 bits per heavy atom. The fraction of sp³-hybridized carbons (Fsp3) is 1.00. The van der Waals surface area contributed by atoms with E-state index in [0.717, 1.165) is 19.4 Å². The Morgan fingerprint density at radius 2 is 2.14 bits per heavy atom. The van der Waals surface area contributed by atoms with Crippen LogP contribution >= 0.6 is 0 Å². The Morgan fingerprint density at radius 3 is 2.57 bits per heavy atom. The van der Waals surface area contributed by atoms with Crippen LogP contribution < -0.4 is 5.73 Å². The Hall–Kier alpha value is -0.290. The highest BCUT2D eigenvalue weighted by atomic mass is 19.4. The zero-order valence-electron chi connectivity index (χ0n) is 8.35. The standard InChI is InChI=1S/C9H17F3N2/c1-14-6-2-3-7(14)4-5-8(13)9(10,11)12/h7-8H,2-6,13H2,1H3. The van der Waals surface area contributed by atoms with Crippen LogP contribution in [0.2, 0.25) is 0 Å². The molecule has 0 aromatic rings. The molecule has 1 heterocycles. The third kappa shape index (κ3) is 3.13. The number of rotatable bonds is 3. The van der Waals surface area contributed by atoms with Gasteiger partial charge in [0.15, 0.2) is 0 Å². The van der Waals surface area contributed by atoms with E-state index in [1.54, 1.807) is 0 Å². The highest BCUT2D eigenvalue weighted by Gasteiger charge is 2.37. The van der Waals surface area contributed by atoms with Crippen LogP contribution in [0.5, 0.6) is 0 Å². The molecule has 2 N–H and O–H groups in total. The monoisotopic (exact) mass is 210 g/mol. The van der Waals surface area contributed by atoms with E-state index in [-0.39, 0.29) is 6.42 Å². The maximum atomic E-state index is 12.1. The summed E-state index contributed by atoms with van der Waals surface area (Å²) >= 11 is 0. The van der Waals surface area contributed by atoms with E-state index in [9.17, 15) is 13.2 Å². The number of alkyl halides is 3. The topological polar surface area (TPSA) is 29.3 Å². The van der Waals surface area contributed by atoms with Crippen molar-refractivity contribution in [1.29, 1.82) is 0 Å². The van der Waals surface area contributed by atoms with Crippen LogP contribution in [0, 0.1) is 0 Å². The van der Waals surface area contributed by atoms with Crippen molar-refractivity contribution in [2.45, 2.75) is 43.9 Å². The van der Waals surface area contributed by atoms with E-state index in [0.29, 0.717) is 12.5 Å². The summed E-state index contributed by atoms with van der Waals surface area (Å²) in [5.41, 5.74) is 5.03. The number of hydrogen-bond acceptors (Lipinski definition) is 2. The van der Waals surface area contributed by atoms with Crippen LogP contribution in [0.3, 0.4) is 0 Å². The minimum absolute atomic E-state index is 0.0402. The summed E-state index contributed by atoms with van der Waals surface area (Å²) < 4.78 is 36.2. The third-order valence-corrected chi connectivity index (χ3v) is 2.90. The van der Waals surface area contributed by atoms with Gasteiger partial charge in [0.1, 0.15) is 6.04 Å². The summed E-state index contributed by atoms with van der Waals surface area (Å²) in [6.45, 7) is 0.992. The van der Waals surface area contributed by atoms with E-state index < -0.39 is 12.2 Å². The molecule has 0 saturated carbocycles. The smallest absolute Gasteiger partial charge is 0.320 e. The number of halogens is 3. The van der Waals surface area contributed by atoms with E-state index in [2.05, 4.69) is 4.90 Å². The molecule has 1 aliphatic heterocycles. The van der Waals surface area contributed by atoms with Gasteiger partial charge in [-0.3, -0.25) is 0 Å². The summed E-state index contributed by atoms with van der Waals surface area (Å²) in [7, 11) is 1.96. The predicted octanol–water partition coefficient (Wildman–Crippen LogP) is 1.75. The van der Waals surface area contributed by atoms with Crippen LogP contribution in [0.1, 0.15) is 25.7 Å². The molecule has 1 aliphatic rings. The Labute approximate surface area is 82.2 Å². The lowest BCUT2D eigenvalue weighted by atomic mass is 10.0. The van der Waals surface area contributed by atoms with Crippen molar-refractivity contribution in [3.8, 4) is 0 Å². The molecule has 2 atom stereocenters. The van der Waals surface area contributed by atoms with Gasteiger partial charge in [0.25, 0.3) is 0 Å². The highest BCUT2D eigenvalue weighted by molar-refractivity contribution is 4.79. The van der Waals surface area contributed by atoms with Crippen molar-refractivity contribution < 1.29 is 13.2 Å². The molecule has 0 amide bonds. The summed E-state index contributed by atoms with van der Waals surface area (Å²) in [5, 5.41) is 0. The fourth-order valence-corrected chi connectivity index (χ4v) is 1.88. The summed E-state index contributed by atoms with van der Waals surface area (Å²) in [6, 6.07) is -1.36. The van der Waals surface area contributed by atoms with Gasteiger partial charge in [0, 0.05) is 6.04 Å². The first-order chi connectivity index (χ1) is 6.41. The summed E-state index contributed by atoms with van der Waals surface area (Å²) in [6.07, 6.45) is -1.56. The van der Waals surface area contributed by atoms with Crippen molar-refractivity contribution in [3.63, 3.8) is 0 Å². The average molecular weight is 210 g/mol. The lowest BCUT2D eigenvalue weighted by Crippen LogP contribution is -2.38. The molecule has 5 heteroatoms. The van der Waals surface area contributed by atoms with Crippen molar-refractivity contribution in [1.82, 2.24) is 4.90 Å². The minimum Gasteiger partial charge on any atom is -0.320 e. The molecule has 1 saturated heterocycles. The Balaban J connectivity index is 2.26. The molecule has 0 bridgehead atoms. The summed E-state index contributed by atoms with van der Waals surface area (Å²) in [5.74, 6) is 0.